The van der Waals surface area contributed by atoms with E-state index in [2.05, 4.69) is 78.9 Å². The second-order valence-electron chi connectivity index (χ2n) is 6.34. The number of aliphatic hydroxyl groups excluding tert-OH is 1. The van der Waals surface area contributed by atoms with E-state index >= 15 is 0 Å². The molecule has 0 unspecified atom stereocenters. The number of hydrogen-bond donors (Lipinski definition) is 1. The highest BCUT2D eigenvalue weighted by Gasteiger charge is 2.05. The third-order valence-electron chi connectivity index (χ3n) is 4.71. The first-order valence-electron chi connectivity index (χ1n) is 8.80. The van der Waals surface area contributed by atoms with Gasteiger partial charge >= 0.3 is 0 Å². The molecule has 0 aromatic heterocycles. The van der Waals surface area contributed by atoms with Crippen LogP contribution >= 0.6 is 0 Å². The predicted octanol–water partition coefficient (Wildman–Crippen LogP) is 6.18. The molecule has 0 aliphatic rings. The van der Waals surface area contributed by atoms with Gasteiger partial charge in [0.05, 0.1) is 6.61 Å². The number of benzene rings is 4. The van der Waals surface area contributed by atoms with Crippen molar-refractivity contribution in [3.8, 4) is 33.4 Å². The third-order valence-corrected chi connectivity index (χ3v) is 4.71. The first-order chi connectivity index (χ1) is 12.8. The van der Waals surface area contributed by atoms with E-state index in [0.717, 1.165) is 16.7 Å². The van der Waals surface area contributed by atoms with E-state index in [1.54, 1.807) is 0 Å². The topological polar surface area (TPSA) is 20.2 Å². The van der Waals surface area contributed by atoms with Crippen molar-refractivity contribution in [1.82, 2.24) is 0 Å². The molecule has 4 aromatic carbocycles. The molecule has 1 N–H and O–H groups in total. The summed E-state index contributed by atoms with van der Waals surface area (Å²) in [4.78, 5) is 0. The fraction of sp³-hybridized carbons (Fsp3) is 0.0400. The van der Waals surface area contributed by atoms with Crippen LogP contribution < -0.4 is 0 Å². The summed E-state index contributed by atoms with van der Waals surface area (Å²) >= 11 is 0. The van der Waals surface area contributed by atoms with E-state index in [-0.39, 0.29) is 6.61 Å². The van der Waals surface area contributed by atoms with Gasteiger partial charge in [-0.25, -0.2) is 0 Å². The predicted molar refractivity (Wildman–Crippen MR) is 109 cm³/mol. The first-order valence-corrected chi connectivity index (χ1v) is 8.80. The molecule has 26 heavy (non-hydrogen) atoms. The van der Waals surface area contributed by atoms with E-state index < -0.39 is 0 Å². The van der Waals surface area contributed by atoms with Crippen molar-refractivity contribution >= 4 is 0 Å². The smallest absolute Gasteiger partial charge is 0.0687 e. The number of aliphatic hydroxyl groups is 1. The molecule has 0 saturated carbocycles. The maximum Gasteiger partial charge on any atom is 0.0687 e. The summed E-state index contributed by atoms with van der Waals surface area (Å²) in [7, 11) is 0. The molecule has 0 bridgehead atoms. The molecular weight excluding hydrogens is 316 g/mol. The molecule has 0 fully saturated rings. The largest absolute Gasteiger partial charge is 0.392 e. The van der Waals surface area contributed by atoms with E-state index in [4.69, 9.17) is 0 Å². The summed E-state index contributed by atoms with van der Waals surface area (Å²) in [6.45, 7) is 0.0544. The van der Waals surface area contributed by atoms with Crippen LogP contribution in [0.15, 0.2) is 103 Å². The molecule has 0 aliphatic heterocycles. The van der Waals surface area contributed by atoms with E-state index in [9.17, 15) is 5.11 Å². The summed E-state index contributed by atoms with van der Waals surface area (Å²) < 4.78 is 0. The van der Waals surface area contributed by atoms with Gasteiger partial charge in [-0.15, -0.1) is 0 Å². The summed E-state index contributed by atoms with van der Waals surface area (Å²) in [6, 6.07) is 35.6. The lowest BCUT2D eigenvalue weighted by Crippen LogP contribution is -1.88. The van der Waals surface area contributed by atoms with Crippen molar-refractivity contribution in [3.63, 3.8) is 0 Å². The van der Waals surface area contributed by atoms with E-state index in [0.29, 0.717) is 0 Å². The van der Waals surface area contributed by atoms with Crippen LogP contribution in [0, 0.1) is 0 Å². The second-order valence-corrected chi connectivity index (χ2v) is 6.34. The molecule has 0 spiro atoms. The Morgan fingerprint density at radius 1 is 0.423 bits per heavy atom. The maximum absolute atomic E-state index is 9.53. The lowest BCUT2D eigenvalue weighted by Gasteiger charge is -2.09. The van der Waals surface area contributed by atoms with Crippen LogP contribution in [0.1, 0.15) is 5.56 Å². The average Bonchev–Trinajstić information content (AvgIpc) is 2.74. The SMILES string of the molecule is OCc1ccccc1-c1ccc(-c2ccc(-c3ccccc3)cc2)cc1. The van der Waals surface area contributed by atoms with Crippen LogP contribution in [0.4, 0.5) is 0 Å². The van der Waals surface area contributed by atoms with Gasteiger partial charge in [0.1, 0.15) is 0 Å². The van der Waals surface area contributed by atoms with Crippen LogP contribution in [0.25, 0.3) is 33.4 Å². The van der Waals surface area contributed by atoms with Crippen molar-refractivity contribution in [2.24, 2.45) is 0 Å². The molecule has 4 rings (SSSR count). The standard InChI is InChI=1S/C25H20O/c26-18-24-8-4-5-9-25(24)23-16-14-22(15-17-23)21-12-10-20(11-13-21)19-6-2-1-3-7-19/h1-17,26H,18H2. The quantitative estimate of drug-likeness (QED) is 0.472. The minimum absolute atomic E-state index is 0.0544. The van der Waals surface area contributed by atoms with Crippen LogP contribution in [0.5, 0.6) is 0 Å². The monoisotopic (exact) mass is 336 g/mol. The van der Waals surface area contributed by atoms with Gasteiger partial charge < -0.3 is 5.11 Å². The molecule has 0 saturated heterocycles. The summed E-state index contributed by atoms with van der Waals surface area (Å²) in [5.41, 5.74) is 8.01. The number of rotatable bonds is 4. The van der Waals surface area contributed by atoms with E-state index in [1.165, 1.54) is 22.3 Å². The van der Waals surface area contributed by atoms with E-state index in [1.807, 2.05) is 24.3 Å². The minimum atomic E-state index is 0.0544. The Labute approximate surface area is 154 Å². The first kappa shape index (κ1) is 16.3. The van der Waals surface area contributed by atoms with Gasteiger partial charge in [0, 0.05) is 0 Å². The highest BCUT2D eigenvalue weighted by molar-refractivity contribution is 5.74. The number of hydrogen-bond acceptors (Lipinski definition) is 1. The van der Waals surface area contributed by atoms with Crippen LogP contribution in [-0.2, 0) is 6.61 Å². The lowest BCUT2D eigenvalue weighted by molar-refractivity contribution is 0.282. The van der Waals surface area contributed by atoms with Crippen molar-refractivity contribution in [3.05, 3.63) is 109 Å². The lowest BCUT2D eigenvalue weighted by atomic mass is 9.96. The van der Waals surface area contributed by atoms with Crippen molar-refractivity contribution < 1.29 is 5.11 Å². The molecule has 0 amide bonds. The average molecular weight is 336 g/mol. The fourth-order valence-corrected chi connectivity index (χ4v) is 3.27. The van der Waals surface area contributed by atoms with Gasteiger partial charge in [0.2, 0.25) is 0 Å². The van der Waals surface area contributed by atoms with Gasteiger partial charge in [-0.2, -0.15) is 0 Å². The van der Waals surface area contributed by atoms with Crippen LogP contribution in [0.3, 0.4) is 0 Å². The molecule has 0 aliphatic carbocycles. The zero-order valence-corrected chi connectivity index (χ0v) is 14.5. The summed E-state index contributed by atoms with van der Waals surface area (Å²) in [6.07, 6.45) is 0. The minimum Gasteiger partial charge on any atom is -0.392 e. The highest BCUT2D eigenvalue weighted by atomic mass is 16.3. The molecule has 126 valence electrons. The highest BCUT2D eigenvalue weighted by Crippen LogP contribution is 2.28. The Morgan fingerprint density at radius 2 is 0.846 bits per heavy atom. The Bertz CT molecular complexity index is 984. The Kier molecular flexibility index (Phi) is 4.63. The summed E-state index contributed by atoms with van der Waals surface area (Å²) in [5.74, 6) is 0. The molecule has 0 heterocycles. The molecule has 4 aromatic rings. The van der Waals surface area contributed by atoms with Crippen LogP contribution in [0.2, 0.25) is 0 Å². The Hall–Kier alpha value is -3.16. The van der Waals surface area contributed by atoms with Gasteiger partial charge in [-0.1, -0.05) is 103 Å². The zero-order chi connectivity index (χ0) is 17.8. The zero-order valence-electron chi connectivity index (χ0n) is 14.5. The molecule has 0 radical (unpaired) electrons. The molecule has 1 nitrogen and oxygen atoms in total. The van der Waals surface area contributed by atoms with Gasteiger partial charge in [0.25, 0.3) is 0 Å². The Morgan fingerprint density at radius 3 is 1.38 bits per heavy atom. The van der Waals surface area contributed by atoms with Crippen molar-refractivity contribution in [2.75, 3.05) is 0 Å². The third kappa shape index (κ3) is 3.30. The van der Waals surface area contributed by atoms with Crippen LogP contribution in [-0.4, -0.2) is 5.11 Å². The second kappa shape index (κ2) is 7.38. The molecule has 0 atom stereocenters. The van der Waals surface area contributed by atoms with Crippen molar-refractivity contribution in [1.29, 1.82) is 0 Å². The molecule has 1 heteroatoms. The Balaban J connectivity index is 1.61. The molecular formula is C25H20O. The van der Waals surface area contributed by atoms with Gasteiger partial charge in [-0.05, 0) is 38.9 Å². The van der Waals surface area contributed by atoms with Gasteiger partial charge in [-0.3, -0.25) is 0 Å². The maximum atomic E-state index is 9.53. The normalized spacial score (nSPS) is 10.7. The van der Waals surface area contributed by atoms with Crippen molar-refractivity contribution in [2.45, 2.75) is 6.61 Å². The van der Waals surface area contributed by atoms with Gasteiger partial charge in [0.15, 0.2) is 0 Å². The summed E-state index contributed by atoms with van der Waals surface area (Å²) in [5, 5.41) is 9.53. The fourth-order valence-electron chi connectivity index (χ4n) is 3.27.